The molecule has 0 radical (unpaired) electrons. The van der Waals surface area contributed by atoms with Crippen molar-refractivity contribution in [3.63, 3.8) is 0 Å². The second kappa shape index (κ2) is 14.4. The fourth-order valence-electron chi connectivity index (χ4n) is 4.97. The highest BCUT2D eigenvalue weighted by molar-refractivity contribution is 7.92. The number of benzene rings is 4. The fourth-order valence-corrected chi connectivity index (χ4v) is 6.17. The molecular formula is C36H28ClN5O6S. The van der Waals surface area contributed by atoms with Gasteiger partial charge in [0.25, 0.3) is 15.9 Å². The minimum Gasteiger partial charge on any atom is -0.480 e. The first kappa shape index (κ1) is 32.9. The molecule has 0 saturated heterocycles. The van der Waals surface area contributed by atoms with Crippen molar-refractivity contribution in [1.82, 2.24) is 20.1 Å². The van der Waals surface area contributed by atoms with E-state index in [0.29, 0.717) is 22.9 Å². The Morgan fingerprint density at radius 3 is 2.35 bits per heavy atom. The zero-order valence-corrected chi connectivity index (χ0v) is 27.2. The molecule has 0 aliphatic rings. The summed E-state index contributed by atoms with van der Waals surface area (Å²) in [5.74, 6) is -0.339. The van der Waals surface area contributed by atoms with Crippen LogP contribution in [0.2, 0.25) is 5.02 Å². The predicted molar refractivity (Wildman–Crippen MR) is 185 cm³/mol. The summed E-state index contributed by atoms with van der Waals surface area (Å²) >= 11 is 6.17. The average Bonchev–Trinajstić information content (AvgIpc) is 3.65. The lowest BCUT2D eigenvalue weighted by Gasteiger charge is -2.18. The van der Waals surface area contributed by atoms with E-state index in [9.17, 15) is 23.1 Å². The van der Waals surface area contributed by atoms with Gasteiger partial charge in [0.15, 0.2) is 5.82 Å². The highest BCUT2D eigenvalue weighted by Gasteiger charge is 2.25. The van der Waals surface area contributed by atoms with E-state index in [0.717, 1.165) is 17.3 Å². The van der Waals surface area contributed by atoms with Crippen molar-refractivity contribution < 1.29 is 27.9 Å². The Bertz CT molecular complexity index is 2200. The molecule has 2 aromatic heterocycles. The molecule has 1 amide bonds. The van der Waals surface area contributed by atoms with Crippen molar-refractivity contribution in [3.8, 4) is 28.4 Å². The Kier molecular flexibility index (Phi) is 9.69. The van der Waals surface area contributed by atoms with Crippen molar-refractivity contribution in [2.24, 2.45) is 0 Å². The number of halogens is 1. The summed E-state index contributed by atoms with van der Waals surface area (Å²) in [5, 5.41) is 16.7. The summed E-state index contributed by atoms with van der Waals surface area (Å²) in [5.41, 5.74) is 2.10. The van der Waals surface area contributed by atoms with Crippen LogP contribution in [0, 0.1) is 0 Å². The zero-order chi connectivity index (χ0) is 34.4. The first-order valence-corrected chi connectivity index (χ1v) is 16.8. The number of para-hydroxylation sites is 2. The van der Waals surface area contributed by atoms with Crippen LogP contribution in [-0.4, -0.2) is 46.2 Å². The second-order valence-corrected chi connectivity index (χ2v) is 12.9. The Morgan fingerprint density at radius 2 is 1.65 bits per heavy atom. The summed E-state index contributed by atoms with van der Waals surface area (Å²) < 4.78 is 36.4. The zero-order valence-electron chi connectivity index (χ0n) is 25.6. The van der Waals surface area contributed by atoms with Crippen LogP contribution in [0.5, 0.6) is 11.5 Å². The maximum atomic E-state index is 13.4. The number of carboxylic acids is 1. The smallest absolute Gasteiger partial charge is 0.326 e. The van der Waals surface area contributed by atoms with Crippen molar-refractivity contribution in [1.29, 1.82) is 0 Å². The van der Waals surface area contributed by atoms with Gasteiger partial charge < -0.3 is 15.2 Å². The van der Waals surface area contributed by atoms with E-state index in [2.05, 4.69) is 20.1 Å². The number of nitrogens with zero attached hydrogens (tertiary/aromatic N) is 3. The molecule has 1 atom stereocenters. The van der Waals surface area contributed by atoms with Gasteiger partial charge in [-0.1, -0.05) is 72.3 Å². The van der Waals surface area contributed by atoms with Crippen LogP contribution in [0.15, 0.2) is 139 Å². The van der Waals surface area contributed by atoms with Gasteiger partial charge in [0.05, 0.1) is 11.3 Å². The van der Waals surface area contributed by atoms with Crippen LogP contribution >= 0.6 is 11.6 Å². The lowest BCUT2D eigenvalue weighted by Crippen LogP contribution is -2.42. The van der Waals surface area contributed by atoms with Gasteiger partial charge in [-0.25, -0.2) is 22.9 Å². The van der Waals surface area contributed by atoms with Crippen LogP contribution in [-0.2, 0) is 21.2 Å². The van der Waals surface area contributed by atoms with Crippen LogP contribution in [0.25, 0.3) is 16.9 Å². The lowest BCUT2D eigenvalue weighted by atomic mass is 9.99. The molecule has 6 aromatic rings. The molecule has 0 aliphatic carbocycles. The minimum absolute atomic E-state index is 0.0423. The maximum absolute atomic E-state index is 13.4. The number of nitrogens with one attached hydrogen (secondary N) is 2. The first-order valence-electron chi connectivity index (χ1n) is 14.9. The number of anilines is 1. The molecule has 11 nitrogen and oxygen atoms in total. The van der Waals surface area contributed by atoms with Crippen LogP contribution in [0.3, 0.4) is 0 Å². The Labute approximate surface area is 286 Å². The molecule has 13 heteroatoms. The summed E-state index contributed by atoms with van der Waals surface area (Å²) in [4.78, 5) is 29.7. The first-order chi connectivity index (χ1) is 23.7. The predicted octanol–water partition coefficient (Wildman–Crippen LogP) is 6.61. The molecule has 49 heavy (non-hydrogen) atoms. The molecule has 246 valence electrons. The van der Waals surface area contributed by atoms with Gasteiger partial charge in [0.1, 0.15) is 22.4 Å². The molecule has 4 aromatic carbocycles. The third kappa shape index (κ3) is 7.95. The van der Waals surface area contributed by atoms with Crippen LogP contribution in [0.1, 0.15) is 15.9 Å². The number of carboxylic acid groups (broad SMARTS) is 1. The lowest BCUT2D eigenvalue weighted by molar-refractivity contribution is -0.139. The number of aliphatic carboxylic acids is 1. The molecular weight excluding hydrogens is 666 g/mol. The maximum Gasteiger partial charge on any atom is 0.326 e. The number of carbonyl (C=O) groups excluding carboxylic acids is 1. The number of ether oxygens (including phenoxy) is 1. The standard InChI is InChI=1S/C36H28ClN5O6S/c37-26-15-17-31(41-49(46,47)28-16-18-34(38-23-28)42-20-6-19-39-42)30(22-26)35(43)40-32(36(44)45)21-24-11-13-25(14-12-24)29-9-4-5-10-33(29)48-27-7-2-1-3-8-27/h1-20,22-23,32,41H,21H2,(H,40,43)(H,44,45)/t32-/m0/s1. The number of sulfonamides is 1. The number of rotatable bonds is 12. The van der Waals surface area contributed by atoms with E-state index in [4.69, 9.17) is 16.3 Å². The molecule has 0 fully saturated rings. The number of aromatic nitrogens is 3. The van der Waals surface area contributed by atoms with E-state index in [-0.39, 0.29) is 27.6 Å². The van der Waals surface area contributed by atoms with Crippen molar-refractivity contribution in [2.45, 2.75) is 17.4 Å². The molecule has 0 aliphatic heterocycles. The number of hydrogen-bond acceptors (Lipinski definition) is 7. The molecule has 0 unspecified atom stereocenters. The molecule has 3 N–H and O–H groups in total. The van der Waals surface area contributed by atoms with Crippen molar-refractivity contribution in [2.75, 3.05) is 4.72 Å². The van der Waals surface area contributed by atoms with E-state index in [1.807, 2.05) is 66.7 Å². The molecule has 6 rings (SSSR count). The van der Waals surface area contributed by atoms with E-state index < -0.39 is 27.9 Å². The highest BCUT2D eigenvalue weighted by atomic mass is 35.5. The van der Waals surface area contributed by atoms with Gasteiger partial charge in [0.2, 0.25) is 0 Å². The Hall–Kier alpha value is -5.98. The average molecular weight is 694 g/mol. The van der Waals surface area contributed by atoms with Crippen LogP contribution < -0.4 is 14.8 Å². The summed E-state index contributed by atoms with van der Waals surface area (Å²) in [7, 11) is -4.20. The Morgan fingerprint density at radius 1 is 0.898 bits per heavy atom. The summed E-state index contributed by atoms with van der Waals surface area (Å²) in [6.07, 6.45) is 4.35. The van der Waals surface area contributed by atoms with Gasteiger partial charge in [-0.3, -0.25) is 9.52 Å². The topological polar surface area (TPSA) is 153 Å². The number of amides is 1. The monoisotopic (exact) mass is 693 g/mol. The summed E-state index contributed by atoms with van der Waals surface area (Å²) in [6.45, 7) is 0. The van der Waals surface area contributed by atoms with Crippen LogP contribution in [0.4, 0.5) is 5.69 Å². The van der Waals surface area contributed by atoms with Gasteiger partial charge in [-0.05, 0) is 65.7 Å². The summed E-state index contributed by atoms with van der Waals surface area (Å²) in [6, 6.07) is 31.4. The molecule has 0 spiro atoms. The van der Waals surface area contributed by atoms with Gasteiger partial charge in [-0.15, -0.1) is 0 Å². The number of carbonyl (C=O) groups is 2. The number of hydrogen-bond donors (Lipinski definition) is 3. The van der Waals surface area contributed by atoms with E-state index in [1.54, 1.807) is 30.6 Å². The molecule has 0 bridgehead atoms. The third-order valence-corrected chi connectivity index (χ3v) is 8.99. The molecule has 2 heterocycles. The van der Waals surface area contributed by atoms with Gasteiger partial charge in [-0.2, -0.15) is 5.10 Å². The van der Waals surface area contributed by atoms with E-state index >= 15 is 0 Å². The second-order valence-electron chi connectivity index (χ2n) is 10.8. The van der Waals surface area contributed by atoms with Crippen molar-refractivity contribution in [3.05, 3.63) is 150 Å². The van der Waals surface area contributed by atoms with Gasteiger partial charge >= 0.3 is 5.97 Å². The minimum atomic E-state index is -4.20. The normalized spacial score (nSPS) is 11.8. The fraction of sp³-hybridized carbons (Fsp3) is 0.0556. The van der Waals surface area contributed by atoms with Crippen molar-refractivity contribution >= 4 is 39.2 Å². The quantitative estimate of drug-likeness (QED) is 0.130. The van der Waals surface area contributed by atoms with Gasteiger partial charge in [0, 0.05) is 35.6 Å². The largest absolute Gasteiger partial charge is 0.480 e. The highest BCUT2D eigenvalue weighted by Crippen LogP contribution is 2.33. The number of pyridine rings is 1. The van der Waals surface area contributed by atoms with E-state index in [1.165, 1.54) is 35.0 Å². The SMILES string of the molecule is O=C(N[C@@H](Cc1ccc(-c2ccccc2Oc2ccccc2)cc1)C(=O)O)c1cc(Cl)ccc1NS(=O)(=O)c1ccc(-n2cccn2)nc1. The third-order valence-electron chi connectivity index (χ3n) is 7.41. The molecule has 0 saturated carbocycles. The Balaban J connectivity index is 1.17.